The van der Waals surface area contributed by atoms with Crippen LogP contribution < -0.4 is 0 Å². The van der Waals surface area contributed by atoms with Crippen molar-refractivity contribution in [2.45, 2.75) is 12.8 Å². The van der Waals surface area contributed by atoms with Crippen LogP contribution in [0.15, 0.2) is 24.4 Å². The van der Waals surface area contributed by atoms with Crippen molar-refractivity contribution in [1.82, 2.24) is 10.2 Å². The minimum Gasteiger partial charge on any atom is -0.278 e. The van der Waals surface area contributed by atoms with Gasteiger partial charge >= 0.3 is 0 Å². The number of para-hydroxylation sites is 1. The van der Waals surface area contributed by atoms with Crippen LogP contribution in [-0.4, -0.2) is 16.0 Å². The lowest BCUT2D eigenvalue weighted by molar-refractivity contribution is 0.938. The Kier molecular flexibility index (Phi) is 2.54. The minimum absolute atomic E-state index is 0.935. The Bertz CT molecular complexity index is 394. The Labute approximate surface area is 82.8 Å². The molecule has 0 fully saturated rings. The van der Waals surface area contributed by atoms with Crippen LogP contribution in [0.2, 0.25) is 0 Å². The van der Waals surface area contributed by atoms with Crippen LogP contribution in [-0.2, 0) is 6.42 Å². The van der Waals surface area contributed by atoms with Crippen LogP contribution in [0, 0.1) is 0 Å². The first kappa shape index (κ1) is 8.63. The fourth-order valence-electron chi connectivity index (χ4n) is 1.51. The molecule has 2 nitrogen and oxygen atoms in total. The van der Waals surface area contributed by atoms with E-state index in [0.29, 0.717) is 0 Å². The van der Waals surface area contributed by atoms with E-state index in [1.165, 1.54) is 16.5 Å². The van der Waals surface area contributed by atoms with Crippen LogP contribution in [0.5, 0.6) is 0 Å². The van der Waals surface area contributed by atoms with E-state index >= 15 is 0 Å². The summed E-state index contributed by atoms with van der Waals surface area (Å²) in [7, 11) is 0. The Hall–Kier alpha value is -0.960. The molecule has 0 aliphatic heterocycles. The number of thiol groups is 1. The van der Waals surface area contributed by atoms with Gasteiger partial charge in [-0.05, 0) is 24.2 Å². The number of hydrogen-bond donors (Lipinski definition) is 2. The topological polar surface area (TPSA) is 28.7 Å². The molecule has 0 aliphatic rings. The SMILES string of the molecule is SCCCc1cccc2cn[nH]c12. The second-order valence-corrected chi connectivity index (χ2v) is 3.53. The number of H-pyrrole nitrogens is 1. The lowest BCUT2D eigenvalue weighted by atomic mass is 10.1. The molecule has 13 heavy (non-hydrogen) atoms. The predicted molar refractivity (Wildman–Crippen MR) is 58.3 cm³/mol. The van der Waals surface area contributed by atoms with Gasteiger partial charge in [0.2, 0.25) is 0 Å². The molecule has 2 aromatic rings. The number of aromatic amines is 1. The average Bonchev–Trinajstić information content (AvgIpc) is 2.62. The monoisotopic (exact) mass is 192 g/mol. The Balaban J connectivity index is 2.37. The van der Waals surface area contributed by atoms with Crippen molar-refractivity contribution in [3.63, 3.8) is 0 Å². The molecule has 1 aromatic heterocycles. The van der Waals surface area contributed by atoms with Gasteiger partial charge in [0.1, 0.15) is 0 Å². The van der Waals surface area contributed by atoms with Gasteiger partial charge in [-0.2, -0.15) is 17.7 Å². The van der Waals surface area contributed by atoms with E-state index in [4.69, 9.17) is 0 Å². The first-order chi connectivity index (χ1) is 6.42. The van der Waals surface area contributed by atoms with E-state index in [9.17, 15) is 0 Å². The normalized spacial score (nSPS) is 10.8. The average molecular weight is 192 g/mol. The second kappa shape index (κ2) is 3.83. The third kappa shape index (κ3) is 1.70. The molecule has 0 spiro atoms. The molecule has 0 bridgehead atoms. The number of benzene rings is 1. The van der Waals surface area contributed by atoms with E-state index in [-0.39, 0.29) is 0 Å². The summed E-state index contributed by atoms with van der Waals surface area (Å²) >= 11 is 4.20. The largest absolute Gasteiger partial charge is 0.278 e. The molecule has 2 rings (SSSR count). The highest BCUT2D eigenvalue weighted by molar-refractivity contribution is 7.80. The summed E-state index contributed by atoms with van der Waals surface area (Å²) in [6.45, 7) is 0. The third-order valence-corrected chi connectivity index (χ3v) is 2.48. The van der Waals surface area contributed by atoms with Crippen LogP contribution in [0.3, 0.4) is 0 Å². The van der Waals surface area contributed by atoms with E-state index in [0.717, 1.165) is 18.6 Å². The van der Waals surface area contributed by atoms with Crippen LogP contribution in [0.25, 0.3) is 10.9 Å². The third-order valence-electron chi connectivity index (χ3n) is 2.17. The summed E-state index contributed by atoms with van der Waals surface area (Å²) in [5.74, 6) is 0.935. The van der Waals surface area contributed by atoms with E-state index in [1.807, 2.05) is 6.20 Å². The van der Waals surface area contributed by atoms with Crippen molar-refractivity contribution in [2.24, 2.45) is 0 Å². The molecule has 0 atom stereocenters. The van der Waals surface area contributed by atoms with Gasteiger partial charge in [-0.1, -0.05) is 18.2 Å². The highest BCUT2D eigenvalue weighted by atomic mass is 32.1. The lowest BCUT2D eigenvalue weighted by Gasteiger charge is -2.00. The predicted octanol–water partition coefficient (Wildman–Crippen LogP) is 2.43. The smallest absolute Gasteiger partial charge is 0.0682 e. The van der Waals surface area contributed by atoms with Gasteiger partial charge in [0.05, 0.1) is 11.7 Å². The summed E-state index contributed by atoms with van der Waals surface area (Å²) in [4.78, 5) is 0. The van der Waals surface area contributed by atoms with Gasteiger partial charge in [0.25, 0.3) is 0 Å². The summed E-state index contributed by atoms with van der Waals surface area (Å²) < 4.78 is 0. The van der Waals surface area contributed by atoms with E-state index < -0.39 is 0 Å². The fraction of sp³-hybridized carbons (Fsp3) is 0.300. The molecule has 3 heteroatoms. The number of fused-ring (bicyclic) bond motifs is 1. The number of rotatable bonds is 3. The minimum atomic E-state index is 0.935. The Morgan fingerprint density at radius 3 is 3.15 bits per heavy atom. The van der Waals surface area contributed by atoms with Gasteiger partial charge < -0.3 is 0 Å². The fourth-order valence-corrected chi connectivity index (χ4v) is 1.67. The summed E-state index contributed by atoms with van der Waals surface area (Å²) in [5, 5.41) is 8.24. The molecule has 0 unspecified atom stereocenters. The van der Waals surface area contributed by atoms with E-state index in [1.54, 1.807) is 0 Å². The summed E-state index contributed by atoms with van der Waals surface area (Å²) in [6.07, 6.45) is 4.05. The first-order valence-electron chi connectivity index (χ1n) is 4.43. The molecule has 0 radical (unpaired) electrons. The van der Waals surface area contributed by atoms with Crippen molar-refractivity contribution in [2.75, 3.05) is 5.75 Å². The molecule has 1 N–H and O–H groups in total. The number of nitrogens with zero attached hydrogens (tertiary/aromatic N) is 1. The zero-order valence-electron chi connectivity index (χ0n) is 7.33. The summed E-state index contributed by atoms with van der Waals surface area (Å²) in [6, 6.07) is 6.29. The lowest BCUT2D eigenvalue weighted by Crippen LogP contribution is -1.87. The van der Waals surface area contributed by atoms with Gasteiger partial charge in [-0.3, -0.25) is 5.10 Å². The molecule has 0 saturated carbocycles. The quantitative estimate of drug-likeness (QED) is 0.718. The molecular weight excluding hydrogens is 180 g/mol. The number of nitrogens with one attached hydrogen (secondary N) is 1. The zero-order chi connectivity index (χ0) is 9.10. The van der Waals surface area contributed by atoms with Crippen molar-refractivity contribution < 1.29 is 0 Å². The van der Waals surface area contributed by atoms with Gasteiger partial charge in [0.15, 0.2) is 0 Å². The highest BCUT2D eigenvalue weighted by Gasteiger charge is 2.00. The number of aromatic nitrogens is 2. The van der Waals surface area contributed by atoms with E-state index in [2.05, 4.69) is 41.0 Å². The van der Waals surface area contributed by atoms with Gasteiger partial charge in [0, 0.05) is 5.39 Å². The van der Waals surface area contributed by atoms with Crippen molar-refractivity contribution in [1.29, 1.82) is 0 Å². The molecular formula is C10H12N2S. The molecule has 0 saturated heterocycles. The van der Waals surface area contributed by atoms with Crippen LogP contribution in [0.4, 0.5) is 0 Å². The van der Waals surface area contributed by atoms with Gasteiger partial charge in [-0.15, -0.1) is 0 Å². The maximum absolute atomic E-state index is 4.20. The second-order valence-electron chi connectivity index (χ2n) is 3.08. The number of hydrogen-bond acceptors (Lipinski definition) is 2. The molecule has 0 aliphatic carbocycles. The molecule has 68 valence electrons. The zero-order valence-corrected chi connectivity index (χ0v) is 8.22. The van der Waals surface area contributed by atoms with Crippen molar-refractivity contribution >= 4 is 23.5 Å². The molecule has 1 heterocycles. The maximum atomic E-state index is 4.20. The Morgan fingerprint density at radius 1 is 1.38 bits per heavy atom. The molecule has 0 amide bonds. The molecule has 1 aromatic carbocycles. The van der Waals surface area contributed by atoms with Crippen molar-refractivity contribution in [3.8, 4) is 0 Å². The van der Waals surface area contributed by atoms with Gasteiger partial charge in [-0.25, -0.2) is 0 Å². The van der Waals surface area contributed by atoms with Crippen molar-refractivity contribution in [3.05, 3.63) is 30.0 Å². The van der Waals surface area contributed by atoms with Crippen LogP contribution >= 0.6 is 12.6 Å². The standard InChI is InChI=1S/C10H12N2S/c13-6-2-5-8-3-1-4-9-7-11-12-10(8)9/h1,3-4,7,13H,2,5-6H2,(H,11,12). The number of aryl methyl sites for hydroxylation is 1. The Morgan fingerprint density at radius 2 is 2.31 bits per heavy atom. The van der Waals surface area contributed by atoms with Crippen LogP contribution in [0.1, 0.15) is 12.0 Å². The highest BCUT2D eigenvalue weighted by Crippen LogP contribution is 2.16. The first-order valence-corrected chi connectivity index (χ1v) is 5.07. The summed E-state index contributed by atoms with van der Waals surface area (Å²) in [5.41, 5.74) is 2.51. The maximum Gasteiger partial charge on any atom is 0.0682 e.